The highest BCUT2D eigenvalue weighted by Gasteiger charge is 2.54. The van der Waals surface area contributed by atoms with Crippen molar-refractivity contribution in [2.45, 2.75) is 18.0 Å². The maximum Gasteiger partial charge on any atom is 0.352 e. The number of carbonyl (C=O) groups excluding carboxylic acids is 3. The molecule has 1 unspecified atom stereocenters. The van der Waals surface area contributed by atoms with E-state index in [9.17, 15) is 24.3 Å². The number of carbonyl (C=O) groups is 4. The van der Waals surface area contributed by atoms with Crippen LogP contribution in [0.4, 0.5) is 5.13 Å². The molecule has 6 N–H and O–H groups in total. The van der Waals surface area contributed by atoms with Crippen molar-refractivity contribution in [1.82, 2.24) is 19.6 Å². The molecule has 0 radical (unpaired) electrons. The van der Waals surface area contributed by atoms with E-state index in [-0.39, 0.29) is 22.4 Å². The summed E-state index contributed by atoms with van der Waals surface area (Å²) < 4.78 is 5.70. The molecule has 4 rings (SSSR count). The van der Waals surface area contributed by atoms with Gasteiger partial charge in [-0.1, -0.05) is 11.2 Å². The van der Waals surface area contributed by atoms with Gasteiger partial charge in [0.15, 0.2) is 24.1 Å². The topological polar surface area (TPSA) is 207 Å². The SMILES string of the molecule is CON=C(C(=O)NC1C(=O)N2C(C(=O)O)=C(C=CC[n+]3ccc(C(N)=O)cc3)CS[C@H]12)c1nsc(N)n1. The van der Waals surface area contributed by atoms with E-state index in [0.717, 1.165) is 16.4 Å². The third-order valence-corrected chi connectivity index (χ3v) is 7.19. The molecular weight excluding hydrogens is 524 g/mol. The van der Waals surface area contributed by atoms with Crippen LogP contribution in [0, 0.1) is 0 Å². The Morgan fingerprint density at radius 1 is 1.38 bits per heavy atom. The molecule has 3 amide bonds. The highest BCUT2D eigenvalue weighted by molar-refractivity contribution is 8.00. The molecule has 192 valence electrons. The molecule has 14 nitrogen and oxygen atoms in total. The Morgan fingerprint density at radius 2 is 2.11 bits per heavy atom. The van der Waals surface area contributed by atoms with Gasteiger partial charge in [-0.2, -0.15) is 9.36 Å². The van der Waals surface area contributed by atoms with Crippen LogP contribution in [-0.2, 0) is 25.8 Å². The van der Waals surface area contributed by atoms with Crippen LogP contribution in [0.3, 0.4) is 0 Å². The summed E-state index contributed by atoms with van der Waals surface area (Å²) in [6.07, 6.45) is 6.73. The molecule has 1 saturated heterocycles. The van der Waals surface area contributed by atoms with Crippen molar-refractivity contribution in [3.8, 4) is 0 Å². The van der Waals surface area contributed by atoms with E-state index < -0.39 is 35.1 Å². The Bertz CT molecular complexity index is 1350. The summed E-state index contributed by atoms with van der Waals surface area (Å²) in [5.41, 5.74) is 11.2. The second-order valence-corrected chi connectivity index (χ2v) is 9.56. The van der Waals surface area contributed by atoms with Crippen molar-refractivity contribution in [1.29, 1.82) is 0 Å². The number of carboxylic acid groups (broad SMARTS) is 1. The van der Waals surface area contributed by atoms with Gasteiger partial charge in [0, 0.05) is 29.4 Å². The third-order valence-electron chi connectivity index (χ3n) is 5.35. The first-order valence-electron chi connectivity index (χ1n) is 10.6. The van der Waals surface area contributed by atoms with Gasteiger partial charge in [-0.05, 0) is 11.6 Å². The fraction of sp³-hybridized carbons (Fsp3) is 0.238. The second-order valence-electron chi connectivity index (χ2n) is 7.67. The number of pyridine rings is 1. The lowest BCUT2D eigenvalue weighted by atomic mass is 10.0. The standard InChI is InChI=1S/C21H20N8O6S2/c1-35-26-12(16-25-21(23)37-27-16)17(31)24-13-18(32)29-14(20(33)34)11(9-36-19(13)29)3-2-6-28-7-4-10(5-8-28)15(22)30/h2-5,7-8,13,19H,6,9H2,1H3,(H5-,22,23,24,25,27,30,31,33,34)/p+1/t13?,19-/m1/s1. The molecular formula is C21H21N8O6S2+. The van der Waals surface area contributed by atoms with Crippen molar-refractivity contribution in [2.75, 3.05) is 18.6 Å². The third kappa shape index (κ3) is 5.29. The van der Waals surface area contributed by atoms with Crippen molar-refractivity contribution >= 4 is 57.8 Å². The van der Waals surface area contributed by atoms with Gasteiger partial charge in [0.1, 0.15) is 24.2 Å². The van der Waals surface area contributed by atoms with Crippen LogP contribution >= 0.6 is 23.3 Å². The van der Waals surface area contributed by atoms with Gasteiger partial charge in [0.25, 0.3) is 11.8 Å². The first-order valence-corrected chi connectivity index (χ1v) is 12.4. The van der Waals surface area contributed by atoms with Crippen molar-refractivity contribution in [3.05, 3.63) is 59.3 Å². The number of allylic oxidation sites excluding steroid dienone is 2. The Kier molecular flexibility index (Phi) is 7.49. The number of oxime groups is 1. The van der Waals surface area contributed by atoms with Gasteiger partial charge in [0.05, 0.1) is 5.56 Å². The number of carboxylic acids is 1. The van der Waals surface area contributed by atoms with Gasteiger partial charge in [-0.15, -0.1) is 11.8 Å². The van der Waals surface area contributed by atoms with Crippen LogP contribution in [0.25, 0.3) is 0 Å². The summed E-state index contributed by atoms with van der Waals surface area (Å²) in [7, 11) is 1.24. The molecule has 0 aromatic carbocycles. The molecule has 0 saturated carbocycles. The van der Waals surface area contributed by atoms with Crippen LogP contribution in [0.2, 0.25) is 0 Å². The number of aliphatic carboxylic acids is 1. The number of amides is 3. The van der Waals surface area contributed by atoms with Crippen LogP contribution in [0.1, 0.15) is 16.2 Å². The lowest BCUT2D eigenvalue weighted by Gasteiger charge is -2.49. The maximum atomic E-state index is 12.9. The molecule has 2 aliphatic heterocycles. The summed E-state index contributed by atoms with van der Waals surface area (Å²) in [5.74, 6) is -2.88. The fourth-order valence-corrected chi connectivity index (χ4v) is 5.40. The summed E-state index contributed by atoms with van der Waals surface area (Å²) >= 11 is 2.18. The number of anilines is 1. The highest BCUT2D eigenvalue weighted by atomic mass is 32.2. The molecule has 1 fully saturated rings. The summed E-state index contributed by atoms with van der Waals surface area (Å²) in [5, 5.41) is 15.5. The first-order chi connectivity index (χ1) is 17.7. The average Bonchev–Trinajstić information content (AvgIpc) is 3.31. The van der Waals surface area contributed by atoms with E-state index in [4.69, 9.17) is 16.3 Å². The zero-order valence-electron chi connectivity index (χ0n) is 19.2. The smallest absolute Gasteiger partial charge is 0.352 e. The summed E-state index contributed by atoms with van der Waals surface area (Å²) in [6.45, 7) is 0.396. The Balaban J connectivity index is 1.47. The van der Waals surface area contributed by atoms with Gasteiger partial charge >= 0.3 is 5.97 Å². The number of nitrogens with one attached hydrogen (secondary N) is 1. The van der Waals surface area contributed by atoms with Crippen molar-refractivity contribution in [3.63, 3.8) is 0 Å². The first kappa shape index (κ1) is 25.8. The number of rotatable bonds is 9. The number of hydrogen-bond acceptors (Lipinski definition) is 11. The molecule has 2 aromatic rings. The van der Waals surface area contributed by atoms with E-state index in [1.54, 1.807) is 41.2 Å². The number of fused-ring (bicyclic) bond motifs is 1. The number of nitrogens with zero attached hydrogens (tertiary/aromatic N) is 5. The van der Waals surface area contributed by atoms with Crippen molar-refractivity contribution in [2.24, 2.45) is 10.9 Å². The average molecular weight is 546 g/mol. The number of β-lactam (4-membered cyclic amide) rings is 1. The summed E-state index contributed by atoms with van der Waals surface area (Å²) in [4.78, 5) is 58.7. The van der Waals surface area contributed by atoms with Crippen LogP contribution < -0.4 is 21.4 Å². The van der Waals surface area contributed by atoms with Gasteiger partial charge in [-0.3, -0.25) is 19.3 Å². The molecule has 16 heteroatoms. The molecule has 0 bridgehead atoms. The Morgan fingerprint density at radius 3 is 2.70 bits per heavy atom. The highest BCUT2D eigenvalue weighted by Crippen LogP contribution is 2.40. The van der Waals surface area contributed by atoms with E-state index in [2.05, 4.69) is 19.8 Å². The normalized spacial score (nSPS) is 19.4. The van der Waals surface area contributed by atoms with E-state index >= 15 is 0 Å². The maximum absolute atomic E-state index is 12.9. The van der Waals surface area contributed by atoms with Crippen LogP contribution in [-0.4, -0.2) is 73.0 Å². The van der Waals surface area contributed by atoms with E-state index in [1.807, 2.05) is 0 Å². The van der Waals surface area contributed by atoms with Crippen LogP contribution in [0.5, 0.6) is 0 Å². The van der Waals surface area contributed by atoms with Crippen molar-refractivity contribution < 1.29 is 33.7 Å². The molecule has 2 aliphatic rings. The van der Waals surface area contributed by atoms with Gasteiger partial charge < -0.3 is 26.7 Å². The minimum absolute atomic E-state index is 0.0533. The number of hydrogen-bond donors (Lipinski definition) is 4. The fourth-order valence-electron chi connectivity index (χ4n) is 3.65. The quantitative estimate of drug-likeness (QED) is 0.129. The number of nitrogens with two attached hydrogens (primary N) is 2. The predicted octanol–water partition coefficient (Wildman–Crippen LogP) is -1.15. The predicted molar refractivity (Wildman–Crippen MR) is 132 cm³/mol. The zero-order valence-corrected chi connectivity index (χ0v) is 20.9. The van der Waals surface area contributed by atoms with E-state index in [1.165, 1.54) is 18.9 Å². The molecule has 2 aromatic heterocycles. The van der Waals surface area contributed by atoms with Gasteiger partial charge in [0.2, 0.25) is 17.4 Å². The van der Waals surface area contributed by atoms with Crippen LogP contribution in [0.15, 0.2) is 53.1 Å². The molecule has 0 aliphatic carbocycles. The number of aromatic nitrogens is 3. The van der Waals surface area contributed by atoms with Gasteiger partial charge in [-0.25, -0.2) is 9.36 Å². The zero-order chi connectivity index (χ0) is 26.7. The molecule has 4 heterocycles. The number of nitrogen functional groups attached to an aromatic ring is 1. The molecule has 0 spiro atoms. The Labute approximate surface area is 217 Å². The lowest BCUT2D eigenvalue weighted by molar-refractivity contribution is -0.687. The molecule has 2 atom stereocenters. The minimum Gasteiger partial charge on any atom is -0.477 e. The number of thioether (sulfide) groups is 1. The molecule has 37 heavy (non-hydrogen) atoms. The monoisotopic (exact) mass is 545 g/mol. The van der Waals surface area contributed by atoms with E-state index in [0.29, 0.717) is 23.4 Å². The minimum atomic E-state index is -1.26. The second kappa shape index (κ2) is 10.8. The lowest BCUT2D eigenvalue weighted by Crippen LogP contribution is -2.71. The largest absolute Gasteiger partial charge is 0.477 e. The number of primary amides is 1. The Hall–Kier alpha value is -4.31. The summed E-state index contributed by atoms with van der Waals surface area (Å²) in [6, 6.07) is 2.18.